The molecule has 1 saturated carbocycles. The number of hydrogen-bond donors (Lipinski definition) is 1. The van der Waals surface area contributed by atoms with Crippen LogP contribution in [-0.2, 0) is 5.41 Å². The molecule has 3 heteroatoms. The number of thiophene rings is 1. The van der Waals surface area contributed by atoms with Gasteiger partial charge in [-0.15, -0.1) is 11.3 Å². The first-order valence-electron chi connectivity index (χ1n) is 4.21. The summed E-state index contributed by atoms with van der Waals surface area (Å²) in [6.07, 6.45) is 3.88. The standard InChI is InChI=1S/C9H12BrNS/c10-8-4-7(5-12-8)9(6-11)2-1-3-9/h4-5H,1-3,6,11H2. The van der Waals surface area contributed by atoms with Crippen LogP contribution in [0.5, 0.6) is 0 Å². The Balaban J connectivity index is 2.27. The highest BCUT2D eigenvalue weighted by Crippen LogP contribution is 2.44. The third-order valence-corrected chi connectivity index (χ3v) is 4.39. The van der Waals surface area contributed by atoms with Crippen molar-refractivity contribution in [3.8, 4) is 0 Å². The van der Waals surface area contributed by atoms with Crippen LogP contribution < -0.4 is 5.73 Å². The summed E-state index contributed by atoms with van der Waals surface area (Å²) >= 11 is 5.24. The van der Waals surface area contributed by atoms with Crippen molar-refractivity contribution in [2.45, 2.75) is 24.7 Å². The molecule has 2 rings (SSSR count). The molecule has 1 nitrogen and oxygen atoms in total. The van der Waals surface area contributed by atoms with Crippen LogP contribution in [0.15, 0.2) is 15.2 Å². The summed E-state index contributed by atoms with van der Waals surface area (Å²) in [5, 5.41) is 2.23. The molecule has 1 aliphatic carbocycles. The van der Waals surface area contributed by atoms with Crippen molar-refractivity contribution in [1.82, 2.24) is 0 Å². The van der Waals surface area contributed by atoms with E-state index in [2.05, 4.69) is 27.4 Å². The first kappa shape index (κ1) is 8.73. The molecular formula is C9H12BrNS. The van der Waals surface area contributed by atoms with Crippen molar-refractivity contribution in [1.29, 1.82) is 0 Å². The highest BCUT2D eigenvalue weighted by Gasteiger charge is 2.37. The molecule has 0 aliphatic heterocycles. The third kappa shape index (κ3) is 1.24. The fourth-order valence-corrected chi connectivity index (χ4v) is 3.08. The predicted octanol–water partition coefficient (Wildman–Crippen LogP) is 2.89. The molecule has 12 heavy (non-hydrogen) atoms. The van der Waals surface area contributed by atoms with E-state index in [0.29, 0.717) is 5.41 Å². The molecule has 66 valence electrons. The molecule has 1 heterocycles. The van der Waals surface area contributed by atoms with Gasteiger partial charge in [0, 0.05) is 12.0 Å². The summed E-state index contributed by atoms with van der Waals surface area (Å²) in [4.78, 5) is 0. The number of hydrogen-bond acceptors (Lipinski definition) is 2. The van der Waals surface area contributed by atoms with E-state index in [9.17, 15) is 0 Å². The van der Waals surface area contributed by atoms with E-state index >= 15 is 0 Å². The first-order chi connectivity index (χ1) is 5.77. The van der Waals surface area contributed by atoms with E-state index in [0.717, 1.165) is 6.54 Å². The third-order valence-electron chi connectivity index (χ3n) is 2.88. The molecule has 0 saturated heterocycles. The minimum atomic E-state index is 0.336. The second kappa shape index (κ2) is 3.13. The minimum Gasteiger partial charge on any atom is -0.330 e. The fraction of sp³-hybridized carbons (Fsp3) is 0.556. The lowest BCUT2D eigenvalue weighted by Gasteiger charge is -2.40. The minimum absolute atomic E-state index is 0.336. The lowest BCUT2D eigenvalue weighted by atomic mass is 9.65. The summed E-state index contributed by atoms with van der Waals surface area (Å²) in [5.74, 6) is 0. The maximum absolute atomic E-state index is 5.80. The topological polar surface area (TPSA) is 26.0 Å². The monoisotopic (exact) mass is 245 g/mol. The van der Waals surface area contributed by atoms with Crippen LogP contribution in [0.3, 0.4) is 0 Å². The second-order valence-electron chi connectivity index (χ2n) is 3.48. The lowest BCUT2D eigenvalue weighted by molar-refractivity contribution is 0.254. The highest BCUT2D eigenvalue weighted by molar-refractivity contribution is 9.11. The van der Waals surface area contributed by atoms with E-state index in [1.165, 1.54) is 28.6 Å². The predicted molar refractivity (Wildman–Crippen MR) is 56.6 cm³/mol. The van der Waals surface area contributed by atoms with Gasteiger partial charge in [-0.3, -0.25) is 0 Å². The molecule has 0 spiro atoms. The Morgan fingerprint density at radius 3 is 2.67 bits per heavy atom. The number of rotatable bonds is 2. The molecule has 0 aromatic carbocycles. The number of halogens is 1. The quantitative estimate of drug-likeness (QED) is 0.853. The second-order valence-corrected chi connectivity index (χ2v) is 5.77. The van der Waals surface area contributed by atoms with Gasteiger partial charge in [-0.05, 0) is 45.8 Å². The molecule has 1 aliphatic rings. The van der Waals surface area contributed by atoms with Gasteiger partial charge in [-0.1, -0.05) is 6.42 Å². The molecular weight excluding hydrogens is 234 g/mol. The summed E-state index contributed by atoms with van der Waals surface area (Å²) in [7, 11) is 0. The molecule has 2 N–H and O–H groups in total. The average molecular weight is 246 g/mol. The van der Waals surface area contributed by atoms with Crippen molar-refractivity contribution in [2.24, 2.45) is 5.73 Å². The summed E-state index contributed by atoms with van der Waals surface area (Å²) in [5.41, 5.74) is 7.57. The van der Waals surface area contributed by atoms with Gasteiger partial charge >= 0.3 is 0 Å². The van der Waals surface area contributed by atoms with E-state index < -0.39 is 0 Å². The van der Waals surface area contributed by atoms with Crippen molar-refractivity contribution >= 4 is 27.3 Å². The van der Waals surface area contributed by atoms with Crippen LogP contribution in [0.2, 0.25) is 0 Å². The maximum atomic E-state index is 5.80. The van der Waals surface area contributed by atoms with E-state index in [4.69, 9.17) is 5.73 Å². The van der Waals surface area contributed by atoms with E-state index in [1.54, 1.807) is 11.3 Å². The van der Waals surface area contributed by atoms with Crippen LogP contribution in [-0.4, -0.2) is 6.54 Å². The summed E-state index contributed by atoms with van der Waals surface area (Å²) < 4.78 is 1.22. The van der Waals surface area contributed by atoms with E-state index in [1.807, 2.05) is 0 Å². The summed E-state index contributed by atoms with van der Waals surface area (Å²) in [6.45, 7) is 0.802. The smallest absolute Gasteiger partial charge is 0.0701 e. The Kier molecular flexibility index (Phi) is 2.27. The zero-order chi connectivity index (χ0) is 8.60. The normalized spacial score (nSPS) is 20.5. The van der Waals surface area contributed by atoms with Gasteiger partial charge in [0.25, 0.3) is 0 Å². The molecule has 0 radical (unpaired) electrons. The molecule has 1 aromatic heterocycles. The Morgan fingerprint density at radius 1 is 1.58 bits per heavy atom. The van der Waals surface area contributed by atoms with Crippen LogP contribution in [0.25, 0.3) is 0 Å². The SMILES string of the molecule is NCC1(c2csc(Br)c2)CCC1. The lowest BCUT2D eigenvalue weighted by Crippen LogP contribution is -2.41. The van der Waals surface area contributed by atoms with Crippen molar-refractivity contribution in [2.75, 3.05) is 6.54 Å². The molecule has 1 aromatic rings. The Morgan fingerprint density at radius 2 is 2.33 bits per heavy atom. The first-order valence-corrected chi connectivity index (χ1v) is 5.89. The summed E-state index contributed by atoms with van der Waals surface area (Å²) in [6, 6.07) is 2.22. The Hall–Kier alpha value is 0.140. The molecule has 0 unspecified atom stereocenters. The molecule has 1 fully saturated rings. The van der Waals surface area contributed by atoms with Crippen molar-refractivity contribution < 1.29 is 0 Å². The highest BCUT2D eigenvalue weighted by atomic mass is 79.9. The van der Waals surface area contributed by atoms with Gasteiger partial charge in [0.1, 0.15) is 0 Å². The van der Waals surface area contributed by atoms with Gasteiger partial charge < -0.3 is 5.73 Å². The van der Waals surface area contributed by atoms with Crippen molar-refractivity contribution in [3.05, 3.63) is 20.8 Å². The largest absolute Gasteiger partial charge is 0.330 e. The van der Waals surface area contributed by atoms with Crippen LogP contribution >= 0.6 is 27.3 Å². The zero-order valence-corrected chi connectivity index (χ0v) is 9.25. The van der Waals surface area contributed by atoms with Gasteiger partial charge in [0.2, 0.25) is 0 Å². The molecule has 0 bridgehead atoms. The van der Waals surface area contributed by atoms with E-state index in [-0.39, 0.29) is 0 Å². The maximum Gasteiger partial charge on any atom is 0.0701 e. The average Bonchev–Trinajstić information content (AvgIpc) is 2.35. The van der Waals surface area contributed by atoms with Crippen molar-refractivity contribution in [3.63, 3.8) is 0 Å². The zero-order valence-electron chi connectivity index (χ0n) is 6.85. The van der Waals surface area contributed by atoms with Gasteiger partial charge in [-0.2, -0.15) is 0 Å². The van der Waals surface area contributed by atoms with Crippen LogP contribution in [0.1, 0.15) is 24.8 Å². The van der Waals surface area contributed by atoms with Gasteiger partial charge in [0.05, 0.1) is 3.79 Å². The van der Waals surface area contributed by atoms with Gasteiger partial charge in [-0.25, -0.2) is 0 Å². The molecule has 0 atom stereocenters. The Labute approximate surface area is 85.1 Å². The molecule has 0 amide bonds. The van der Waals surface area contributed by atoms with Gasteiger partial charge in [0.15, 0.2) is 0 Å². The Bertz CT molecular complexity index is 272. The van der Waals surface area contributed by atoms with Crippen LogP contribution in [0, 0.1) is 0 Å². The fourth-order valence-electron chi connectivity index (χ4n) is 1.80. The van der Waals surface area contributed by atoms with Crippen LogP contribution in [0.4, 0.5) is 0 Å². The number of nitrogens with two attached hydrogens (primary N) is 1.